The third-order valence-corrected chi connectivity index (χ3v) is 3.47. The smallest absolute Gasteiger partial charge is 0.337 e. The van der Waals surface area contributed by atoms with E-state index in [1.807, 2.05) is 0 Å². The molecule has 0 fully saturated rings. The highest BCUT2D eigenvalue weighted by Crippen LogP contribution is 2.17. The van der Waals surface area contributed by atoms with Gasteiger partial charge < -0.3 is 4.74 Å². The number of aromatic amines is 1. The number of aromatic nitrogens is 3. The van der Waals surface area contributed by atoms with Crippen LogP contribution in [0.3, 0.4) is 0 Å². The maximum atomic E-state index is 13.4. The van der Waals surface area contributed by atoms with Crippen LogP contribution in [0.1, 0.15) is 6.92 Å². The van der Waals surface area contributed by atoms with Crippen molar-refractivity contribution in [3.8, 4) is 6.01 Å². The summed E-state index contributed by atoms with van der Waals surface area (Å²) in [6.45, 7) is 2.08. The van der Waals surface area contributed by atoms with E-state index in [1.54, 1.807) is 6.92 Å². The van der Waals surface area contributed by atoms with Gasteiger partial charge in [0.05, 0.1) is 6.61 Å². The van der Waals surface area contributed by atoms with Crippen LogP contribution in [-0.2, 0) is 10.0 Å². The Morgan fingerprint density at radius 1 is 1.42 bits per heavy atom. The monoisotopic (exact) mass is 286 g/mol. The Balaban J connectivity index is 2.24. The molecule has 0 radical (unpaired) electrons. The molecule has 9 heteroatoms. The van der Waals surface area contributed by atoms with E-state index in [1.165, 1.54) is 12.1 Å². The van der Waals surface area contributed by atoms with Crippen LogP contribution >= 0.6 is 0 Å². The molecule has 1 heterocycles. The molecule has 2 rings (SSSR count). The van der Waals surface area contributed by atoms with Crippen LogP contribution in [0.15, 0.2) is 29.2 Å². The molecule has 19 heavy (non-hydrogen) atoms. The average molecular weight is 286 g/mol. The van der Waals surface area contributed by atoms with Crippen LogP contribution in [-0.4, -0.2) is 30.2 Å². The van der Waals surface area contributed by atoms with Gasteiger partial charge >= 0.3 is 6.01 Å². The van der Waals surface area contributed by atoms with Crippen molar-refractivity contribution < 1.29 is 17.5 Å². The third-order valence-electron chi connectivity index (χ3n) is 2.10. The molecule has 2 N–H and O–H groups in total. The van der Waals surface area contributed by atoms with Crippen molar-refractivity contribution in [3.05, 3.63) is 30.1 Å². The number of rotatable bonds is 5. The number of sulfonamides is 1. The lowest BCUT2D eigenvalue weighted by Crippen LogP contribution is -2.15. The van der Waals surface area contributed by atoms with E-state index in [2.05, 4.69) is 19.9 Å². The van der Waals surface area contributed by atoms with Gasteiger partial charge in [-0.2, -0.15) is 4.98 Å². The topological polar surface area (TPSA) is 97.0 Å². The number of benzene rings is 1. The lowest BCUT2D eigenvalue weighted by molar-refractivity contribution is 0.314. The van der Waals surface area contributed by atoms with Gasteiger partial charge in [-0.25, -0.2) is 22.6 Å². The Bertz CT molecular complexity index is 671. The zero-order valence-electron chi connectivity index (χ0n) is 9.92. The SMILES string of the molecule is CCOc1n[nH]c(NS(=O)(=O)c2ccccc2F)n1. The maximum absolute atomic E-state index is 13.4. The Kier molecular flexibility index (Phi) is 3.65. The average Bonchev–Trinajstić information content (AvgIpc) is 2.76. The highest BCUT2D eigenvalue weighted by Gasteiger charge is 2.20. The molecule has 0 unspecified atom stereocenters. The van der Waals surface area contributed by atoms with Crippen molar-refractivity contribution in [2.75, 3.05) is 11.3 Å². The van der Waals surface area contributed by atoms with Crippen LogP contribution < -0.4 is 9.46 Å². The number of ether oxygens (including phenoxy) is 1. The van der Waals surface area contributed by atoms with E-state index in [0.29, 0.717) is 6.61 Å². The number of hydrogen-bond donors (Lipinski definition) is 2. The molecule has 0 aliphatic heterocycles. The number of anilines is 1. The van der Waals surface area contributed by atoms with Crippen molar-refractivity contribution in [3.63, 3.8) is 0 Å². The van der Waals surface area contributed by atoms with Crippen molar-refractivity contribution in [2.45, 2.75) is 11.8 Å². The molecule has 102 valence electrons. The summed E-state index contributed by atoms with van der Waals surface area (Å²) < 4.78 is 44.3. The molecule has 1 aromatic heterocycles. The van der Waals surface area contributed by atoms with Crippen molar-refractivity contribution >= 4 is 16.0 Å². The quantitative estimate of drug-likeness (QED) is 0.859. The first kappa shape index (κ1) is 13.3. The van der Waals surface area contributed by atoms with E-state index >= 15 is 0 Å². The third kappa shape index (κ3) is 2.99. The van der Waals surface area contributed by atoms with E-state index in [-0.39, 0.29) is 12.0 Å². The second-order valence-corrected chi connectivity index (χ2v) is 5.09. The highest BCUT2D eigenvalue weighted by molar-refractivity contribution is 7.92. The summed E-state index contributed by atoms with van der Waals surface area (Å²) in [5.41, 5.74) is 0. The van der Waals surface area contributed by atoms with Crippen LogP contribution in [0.25, 0.3) is 0 Å². The Morgan fingerprint density at radius 3 is 2.84 bits per heavy atom. The summed E-state index contributed by atoms with van der Waals surface area (Å²) in [6.07, 6.45) is 0. The van der Waals surface area contributed by atoms with Crippen molar-refractivity contribution in [2.24, 2.45) is 0 Å². The predicted octanol–water partition coefficient (Wildman–Crippen LogP) is 1.14. The predicted molar refractivity (Wildman–Crippen MR) is 64.8 cm³/mol. The number of hydrogen-bond acceptors (Lipinski definition) is 5. The first-order valence-corrected chi connectivity index (χ1v) is 6.84. The summed E-state index contributed by atoms with van der Waals surface area (Å²) in [6, 6.07) is 5.03. The molecule has 1 aromatic carbocycles. The molecule has 0 atom stereocenters. The summed E-state index contributed by atoms with van der Waals surface area (Å²) in [7, 11) is -4.06. The van der Waals surface area contributed by atoms with Gasteiger partial charge in [-0.1, -0.05) is 12.1 Å². The number of halogens is 1. The first-order chi connectivity index (χ1) is 9.03. The van der Waals surface area contributed by atoms with Crippen LogP contribution in [0.4, 0.5) is 10.3 Å². The fourth-order valence-electron chi connectivity index (χ4n) is 1.33. The molecule has 2 aromatic rings. The number of nitrogens with zero attached hydrogens (tertiary/aromatic N) is 2. The minimum Gasteiger partial charge on any atom is -0.463 e. The molecule has 0 saturated heterocycles. The van der Waals surface area contributed by atoms with Crippen LogP contribution in [0, 0.1) is 5.82 Å². The van der Waals surface area contributed by atoms with Gasteiger partial charge in [-0.15, -0.1) is 5.10 Å². The van der Waals surface area contributed by atoms with Gasteiger partial charge in [0.2, 0.25) is 5.95 Å². The zero-order valence-corrected chi connectivity index (χ0v) is 10.7. The Morgan fingerprint density at radius 2 is 2.16 bits per heavy atom. The lowest BCUT2D eigenvalue weighted by Gasteiger charge is -2.05. The van der Waals surface area contributed by atoms with Gasteiger partial charge in [-0.3, -0.25) is 0 Å². The molecule has 0 spiro atoms. The van der Waals surface area contributed by atoms with Gasteiger partial charge in [0.25, 0.3) is 10.0 Å². The molecule has 7 nitrogen and oxygen atoms in total. The molecule has 0 aliphatic carbocycles. The number of H-pyrrole nitrogens is 1. The second kappa shape index (κ2) is 5.22. The van der Waals surface area contributed by atoms with Gasteiger partial charge in [0.15, 0.2) is 0 Å². The molecule has 0 saturated carbocycles. The van der Waals surface area contributed by atoms with Gasteiger partial charge in [-0.05, 0) is 19.1 Å². The van der Waals surface area contributed by atoms with E-state index < -0.39 is 20.7 Å². The summed E-state index contributed by atoms with van der Waals surface area (Å²) >= 11 is 0. The summed E-state index contributed by atoms with van der Waals surface area (Å²) in [5, 5.41) is 5.96. The molecule has 0 bridgehead atoms. The molecular formula is C10H11FN4O3S. The first-order valence-electron chi connectivity index (χ1n) is 5.35. The summed E-state index contributed by atoms with van der Waals surface area (Å²) in [5.74, 6) is -0.994. The fraction of sp³-hybridized carbons (Fsp3) is 0.200. The van der Waals surface area contributed by atoms with Gasteiger partial charge in [0.1, 0.15) is 10.7 Å². The maximum Gasteiger partial charge on any atom is 0.337 e. The normalized spacial score (nSPS) is 11.3. The zero-order chi connectivity index (χ0) is 13.9. The largest absolute Gasteiger partial charge is 0.463 e. The lowest BCUT2D eigenvalue weighted by atomic mass is 10.4. The van der Waals surface area contributed by atoms with Crippen LogP contribution in [0.2, 0.25) is 0 Å². The minimum atomic E-state index is -4.06. The Labute approximate surface area is 108 Å². The highest BCUT2D eigenvalue weighted by atomic mass is 32.2. The summed E-state index contributed by atoms with van der Waals surface area (Å²) in [4.78, 5) is 3.27. The van der Waals surface area contributed by atoms with Gasteiger partial charge in [0, 0.05) is 0 Å². The fourth-order valence-corrected chi connectivity index (χ4v) is 2.37. The second-order valence-electron chi connectivity index (χ2n) is 3.44. The molecular weight excluding hydrogens is 275 g/mol. The molecule has 0 amide bonds. The van der Waals surface area contributed by atoms with Crippen LogP contribution in [0.5, 0.6) is 6.01 Å². The van der Waals surface area contributed by atoms with E-state index in [9.17, 15) is 12.8 Å². The standard InChI is InChI=1S/C10H11FN4O3S/c1-2-18-10-12-9(13-14-10)15-19(16,17)8-6-4-3-5-7(8)11/h3-6H,2H2,1H3,(H2,12,13,14,15). The number of nitrogens with one attached hydrogen (secondary N) is 2. The van der Waals surface area contributed by atoms with Crippen molar-refractivity contribution in [1.29, 1.82) is 0 Å². The van der Waals surface area contributed by atoms with Crippen molar-refractivity contribution in [1.82, 2.24) is 15.2 Å². The minimum absolute atomic E-state index is 0.00809. The van der Waals surface area contributed by atoms with E-state index in [0.717, 1.165) is 12.1 Å². The molecule has 0 aliphatic rings. The van der Waals surface area contributed by atoms with E-state index in [4.69, 9.17) is 4.74 Å². The Hall–Kier alpha value is -2.16.